The molecule has 0 spiro atoms. The van der Waals surface area contributed by atoms with Crippen molar-refractivity contribution in [2.45, 2.75) is 0 Å². The Balaban J connectivity index is 2.27. The van der Waals surface area contributed by atoms with Gasteiger partial charge in [0.15, 0.2) is 0 Å². The number of nitrogens with one attached hydrogen (secondary N) is 1. The third-order valence-corrected chi connectivity index (χ3v) is 2.53. The molecule has 1 amide bonds. The molecule has 1 aromatic carbocycles. The molecule has 78 valence electrons. The number of fused-ring (bicyclic) bond motifs is 1. The van der Waals surface area contributed by atoms with Gasteiger partial charge in [-0.25, -0.2) is 0 Å². The zero-order valence-corrected chi connectivity index (χ0v) is 8.19. The van der Waals surface area contributed by atoms with Gasteiger partial charge in [0.2, 0.25) is 0 Å². The molecule has 16 heavy (non-hydrogen) atoms. The number of furan rings is 1. The van der Waals surface area contributed by atoms with Crippen molar-refractivity contribution in [3.8, 4) is 11.3 Å². The second-order valence-corrected chi connectivity index (χ2v) is 3.49. The first-order chi connectivity index (χ1) is 7.77. The number of Topliss-reactive ketones (excluding diaryl/α,β-unsaturated/α-hetero) is 1. The van der Waals surface area contributed by atoms with E-state index in [0.717, 1.165) is 0 Å². The van der Waals surface area contributed by atoms with Crippen molar-refractivity contribution in [1.29, 1.82) is 0 Å². The summed E-state index contributed by atoms with van der Waals surface area (Å²) in [5.74, 6) is -0.516. The fraction of sp³-hybridized carbons (Fsp3) is 0. The molecule has 0 atom stereocenters. The van der Waals surface area contributed by atoms with Crippen molar-refractivity contribution in [1.82, 2.24) is 0 Å². The first-order valence-electron chi connectivity index (χ1n) is 4.80. The minimum Gasteiger partial charge on any atom is -0.464 e. The van der Waals surface area contributed by atoms with E-state index in [-0.39, 0.29) is 0 Å². The maximum atomic E-state index is 11.7. The van der Waals surface area contributed by atoms with Crippen molar-refractivity contribution >= 4 is 17.4 Å². The number of carbonyl (C=O) groups is 2. The summed E-state index contributed by atoms with van der Waals surface area (Å²) in [5, 5.41) is 2.52. The molecule has 3 rings (SSSR count). The highest BCUT2D eigenvalue weighted by molar-refractivity contribution is 6.52. The van der Waals surface area contributed by atoms with Crippen molar-refractivity contribution in [3.63, 3.8) is 0 Å². The van der Waals surface area contributed by atoms with Gasteiger partial charge in [0.1, 0.15) is 5.76 Å². The van der Waals surface area contributed by atoms with Gasteiger partial charge in [-0.1, -0.05) is 12.1 Å². The lowest BCUT2D eigenvalue weighted by Crippen LogP contribution is -2.12. The highest BCUT2D eigenvalue weighted by Crippen LogP contribution is 2.33. The Morgan fingerprint density at radius 3 is 2.69 bits per heavy atom. The Morgan fingerprint density at radius 1 is 1.06 bits per heavy atom. The average Bonchev–Trinajstić information content (AvgIpc) is 2.88. The Kier molecular flexibility index (Phi) is 1.71. The Bertz CT molecular complexity index is 584. The van der Waals surface area contributed by atoms with E-state index in [1.54, 1.807) is 30.3 Å². The van der Waals surface area contributed by atoms with E-state index in [1.165, 1.54) is 6.26 Å². The monoisotopic (exact) mass is 213 g/mol. The number of hydrogen-bond acceptors (Lipinski definition) is 3. The van der Waals surface area contributed by atoms with Gasteiger partial charge >= 0.3 is 0 Å². The quantitative estimate of drug-likeness (QED) is 0.738. The number of hydrogen-bond donors (Lipinski definition) is 1. The number of amides is 1. The number of rotatable bonds is 1. The van der Waals surface area contributed by atoms with Gasteiger partial charge in [-0.3, -0.25) is 9.59 Å². The average molecular weight is 213 g/mol. The van der Waals surface area contributed by atoms with Gasteiger partial charge in [0.25, 0.3) is 11.7 Å². The Hall–Kier alpha value is -2.36. The zero-order valence-electron chi connectivity index (χ0n) is 8.19. The highest BCUT2D eigenvalue weighted by atomic mass is 16.3. The molecule has 0 saturated carbocycles. The van der Waals surface area contributed by atoms with Crippen molar-refractivity contribution < 1.29 is 14.0 Å². The molecule has 1 N–H and O–H groups in total. The van der Waals surface area contributed by atoms with Crippen LogP contribution in [0.1, 0.15) is 10.4 Å². The van der Waals surface area contributed by atoms with E-state index in [4.69, 9.17) is 4.42 Å². The molecule has 0 radical (unpaired) electrons. The summed E-state index contributed by atoms with van der Waals surface area (Å²) in [7, 11) is 0. The van der Waals surface area contributed by atoms with E-state index >= 15 is 0 Å². The molecule has 0 unspecified atom stereocenters. The fourth-order valence-corrected chi connectivity index (χ4v) is 1.83. The van der Waals surface area contributed by atoms with Crippen LogP contribution in [0.25, 0.3) is 11.3 Å². The molecule has 4 nitrogen and oxygen atoms in total. The number of benzene rings is 1. The van der Waals surface area contributed by atoms with Crippen LogP contribution in [-0.2, 0) is 4.79 Å². The van der Waals surface area contributed by atoms with Crippen molar-refractivity contribution in [2.24, 2.45) is 0 Å². The Labute approximate surface area is 90.9 Å². The molecular formula is C12H7NO3. The third-order valence-electron chi connectivity index (χ3n) is 2.53. The molecule has 4 heteroatoms. The summed E-state index contributed by atoms with van der Waals surface area (Å²) >= 11 is 0. The first-order valence-corrected chi connectivity index (χ1v) is 4.80. The van der Waals surface area contributed by atoms with Crippen LogP contribution in [0.5, 0.6) is 0 Å². The molecule has 0 bridgehead atoms. The van der Waals surface area contributed by atoms with Crippen LogP contribution in [0, 0.1) is 0 Å². The fourth-order valence-electron chi connectivity index (χ4n) is 1.83. The molecule has 1 aromatic heterocycles. The van der Waals surface area contributed by atoms with E-state index in [9.17, 15) is 9.59 Å². The highest BCUT2D eigenvalue weighted by Gasteiger charge is 2.31. The van der Waals surface area contributed by atoms with Gasteiger partial charge in [-0.2, -0.15) is 0 Å². The number of anilines is 1. The molecular weight excluding hydrogens is 206 g/mol. The minimum atomic E-state index is -0.589. The summed E-state index contributed by atoms with van der Waals surface area (Å²) in [6, 6.07) is 8.73. The van der Waals surface area contributed by atoms with E-state index in [1.807, 2.05) is 0 Å². The van der Waals surface area contributed by atoms with Crippen LogP contribution in [0.4, 0.5) is 5.69 Å². The van der Waals surface area contributed by atoms with Gasteiger partial charge in [-0.15, -0.1) is 0 Å². The molecule has 2 heterocycles. The standard InChI is InChI=1S/C12H7NO3/c14-11-10-7(9-5-2-6-16-9)3-1-4-8(10)13-12(11)15/h1-6H,(H,13,14,15). The third kappa shape index (κ3) is 1.10. The summed E-state index contributed by atoms with van der Waals surface area (Å²) in [6.07, 6.45) is 1.53. The van der Waals surface area contributed by atoms with E-state index in [2.05, 4.69) is 5.32 Å². The second-order valence-electron chi connectivity index (χ2n) is 3.49. The molecule has 1 aliphatic heterocycles. The largest absolute Gasteiger partial charge is 0.464 e. The summed E-state index contributed by atoms with van der Waals surface area (Å²) in [4.78, 5) is 22.9. The lowest BCUT2D eigenvalue weighted by atomic mass is 10.0. The summed E-state index contributed by atoms with van der Waals surface area (Å²) in [6.45, 7) is 0. The van der Waals surface area contributed by atoms with Crippen LogP contribution < -0.4 is 5.32 Å². The number of carbonyl (C=O) groups excluding carboxylic acids is 2. The molecule has 0 aliphatic carbocycles. The zero-order chi connectivity index (χ0) is 11.1. The lowest BCUT2D eigenvalue weighted by molar-refractivity contribution is -0.112. The van der Waals surface area contributed by atoms with Gasteiger partial charge < -0.3 is 9.73 Å². The molecule has 0 saturated heterocycles. The maximum absolute atomic E-state index is 11.7. The van der Waals surface area contributed by atoms with Crippen molar-refractivity contribution in [2.75, 3.05) is 5.32 Å². The van der Waals surface area contributed by atoms with Crippen LogP contribution in [0.15, 0.2) is 41.0 Å². The Morgan fingerprint density at radius 2 is 1.94 bits per heavy atom. The van der Waals surface area contributed by atoms with Crippen LogP contribution >= 0.6 is 0 Å². The normalized spacial score (nSPS) is 13.8. The van der Waals surface area contributed by atoms with Gasteiger partial charge in [0, 0.05) is 5.56 Å². The van der Waals surface area contributed by atoms with Gasteiger partial charge in [-0.05, 0) is 18.2 Å². The molecule has 0 fully saturated rings. The number of ketones is 1. The maximum Gasteiger partial charge on any atom is 0.296 e. The van der Waals surface area contributed by atoms with Crippen LogP contribution in [0.3, 0.4) is 0 Å². The SMILES string of the molecule is O=C1Nc2cccc(-c3ccco3)c2C1=O. The molecule has 1 aliphatic rings. The van der Waals surface area contributed by atoms with Crippen LogP contribution in [0.2, 0.25) is 0 Å². The lowest BCUT2D eigenvalue weighted by Gasteiger charge is -2.02. The molecule has 2 aromatic rings. The summed E-state index contributed by atoms with van der Waals surface area (Å²) in [5.41, 5.74) is 1.58. The van der Waals surface area contributed by atoms with E-state index < -0.39 is 11.7 Å². The van der Waals surface area contributed by atoms with Crippen LogP contribution in [-0.4, -0.2) is 11.7 Å². The van der Waals surface area contributed by atoms with Crippen molar-refractivity contribution in [3.05, 3.63) is 42.2 Å². The topological polar surface area (TPSA) is 59.3 Å². The summed E-state index contributed by atoms with van der Waals surface area (Å²) < 4.78 is 5.24. The minimum absolute atomic E-state index is 0.391. The van der Waals surface area contributed by atoms with E-state index in [0.29, 0.717) is 22.6 Å². The smallest absolute Gasteiger partial charge is 0.296 e. The predicted octanol–water partition coefficient (Wildman–Crippen LogP) is 2.08. The predicted molar refractivity (Wildman–Crippen MR) is 57.1 cm³/mol. The first kappa shape index (κ1) is 8.91. The second kappa shape index (κ2) is 3.06. The van der Waals surface area contributed by atoms with Gasteiger partial charge in [0.05, 0.1) is 17.5 Å².